The quantitative estimate of drug-likeness (QED) is 0.104. The van der Waals surface area contributed by atoms with Crippen LogP contribution in [0.25, 0.3) is 0 Å². The summed E-state index contributed by atoms with van der Waals surface area (Å²) in [5.41, 5.74) is 0. The molecule has 0 aliphatic rings. The van der Waals surface area contributed by atoms with Crippen molar-refractivity contribution in [1.82, 2.24) is 0 Å². The minimum Gasteiger partial charge on any atom is -0.417 e. The topological polar surface area (TPSA) is 49.3 Å². The molecule has 0 fully saturated rings. The van der Waals surface area contributed by atoms with Crippen LogP contribution < -0.4 is 0 Å². The highest BCUT2D eigenvalue weighted by atomic mass is 31.2. The van der Waals surface area contributed by atoms with Crippen LogP contribution in [-0.4, -0.2) is 55.3 Å². The second-order valence-corrected chi connectivity index (χ2v) is 21.7. The first-order chi connectivity index (χ1) is 14.1. The van der Waals surface area contributed by atoms with Gasteiger partial charge in [-0.05, 0) is 57.0 Å². The van der Waals surface area contributed by atoms with E-state index >= 15 is 0 Å². The fourth-order valence-electron chi connectivity index (χ4n) is 1.98. The van der Waals surface area contributed by atoms with Crippen molar-refractivity contribution in [3.63, 3.8) is 0 Å². The molecule has 0 atom stereocenters. The number of rotatable bonds is 13. The van der Waals surface area contributed by atoms with Crippen LogP contribution in [0.4, 0.5) is 26.3 Å². The van der Waals surface area contributed by atoms with Crippen molar-refractivity contribution >= 4 is 24.3 Å². The predicted octanol–water partition coefficient (Wildman–Crippen LogP) is 8.13. The molecule has 32 heavy (non-hydrogen) atoms. The zero-order valence-electron chi connectivity index (χ0n) is 20.2. The van der Waals surface area contributed by atoms with E-state index in [0.29, 0.717) is 25.9 Å². The minimum absolute atomic E-state index is 0.0736. The Bertz CT molecular complexity index is 595. The number of unbranched alkanes of at least 4 members (excludes halogenated alkanes) is 2. The molecule has 0 bridgehead atoms. The summed E-state index contributed by atoms with van der Waals surface area (Å²) in [6.45, 7) is 12.4. The molecule has 0 spiro atoms. The lowest BCUT2D eigenvalue weighted by Crippen LogP contribution is -2.40. The van der Waals surface area contributed by atoms with E-state index in [1.807, 2.05) is 0 Å². The van der Waals surface area contributed by atoms with Gasteiger partial charge in [-0.3, -0.25) is 13.5 Å². The molecular formula is C18H38F6NO4PSi2. The van der Waals surface area contributed by atoms with Crippen LogP contribution in [0.15, 0.2) is 4.41 Å². The van der Waals surface area contributed by atoms with E-state index in [-0.39, 0.29) is 11.6 Å². The maximum absolute atomic E-state index is 12.7. The molecule has 0 aromatic carbocycles. The molecule has 0 heterocycles. The summed E-state index contributed by atoms with van der Waals surface area (Å²) in [5, 5.41) is 0.0736. The molecule has 0 aliphatic carbocycles. The Morgan fingerprint density at radius 2 is 1.12 bits per heavy atom. The van der Waals surface area contributed by atoms with Gasteiger partial charge in [0.1, 0.15) is 0 Å². The zero-order chi connectivity index (χ0) is 25.5. The Balaban J connectivity index is 5.07. The van der Waals surface area contributed by atoms with Gasteiger partial charge in [0, 0.05) is 6.61 Å². The third-order valence-electron chi connectivity index (χ3n) is 4.52. The normalized spacial score (nSPS) is 14.7. The van der Waals surface area contributed by atoms with E-state index in [9.17, 15) is 26.3 Å². The molecule has 14 heteroatoms. The van der Waals surface area contributed by atoms with Gasteiger partial charge in [-0.1, -0.05) is 20.8 Å². The Labute approximate surface area is 190 Å². The summed E-state index contributed by atoms with van der Waals surface area (Å²) in [6.07, 6.45) is -7.80. The van der Waals surface area contributed by atoms with E-state index in [0.717, 1.165) is 0 Å². The lowest BCUT2D eigenvalue weighted by Gasteiger charge is -2.36. The van der Waals surface area contributed by atoms with Gasteiger partial charge < -0.3 is 8.95 Å². The molecule has 0 saturated heterocycles. The monoisotopic (exact) mass is 533 g/mol. The largest absolute Gasteiger partial charge is 0.417 e. The Morgan fingerprint density at radius 1 is 0.688 bits per heavy atom. The second kappa shape index (κ2) is 12.2. The average Bonchev–Trinajstić information content (AvgIpc) is 2.53. The molecule has 5 nitrogen and oxygen atoms in total. The Kier molecular flexibility index (Phi) is 12.2. The fraction of sp³-hybridized carbons (Fsp3) is 1.00. The van der Waals surface area contributed by atoms with Crippen molar-refractivity contribution in [1.29, 1.82) is 0 Å². The van der Waals surface area contributed by atoms with Gasteiger partial charge in [-0.25, -0.2) is 0 Å². The van der Waals surface area contributed by atoms with Gasteiger partial charge in [0.2, 0.25) is 0 Å². The van der Waals surface area contributed by atoms with Crippen LogP contribution in [0.5, 0.6) is 0 Å². The van der Waals surface area contributed by atoms with Gasteiger partial charge in [0.05, 0.1) is 6.61 Å². The van der Waals surface area contributed by atoms with Gasteiger partial charge in [-0.2, -0.15) is 26.3 Å². The SMILES string of the molecule is CC(C)(C)[Si](C)(C)OCCCCCOP(=N[Si](C)(C)C)(OCC(F)(F)F)OCC(F)(F)F. The molecule has 0 rings (SSSR count). The predicted molar refractivity (Wildman–Crippen MR) is 120 cm³/mol. The number of hydrogen-bond donors (Lipinski definition) is 0. The molecule has 0 aromatic heterocycles. The first-order valence-corrected chi connectivity index (χ1v) is 18.3. The van der Waals surface area contributed by atoms with Crippen molar-refractivity contribution in [3.8, 4) is 0 Å². The maximum Gasteiger partial charge on any atom is 0.412 e. The highest BCUT2D eigenvalue weighted by molar-refractivity contribution is 7.52. The van der Waals surface area contributed by atoms with E-state index in [1.165, 1.54) is 0 Å². The van der Waals surface area contributed by atoms with Gasteiger partial charge in [0.15, 0.2) is 29.8 Å². The molecule has 0 saturated carbocycles. The third kappa shape index (κ3) is 15.1. The highest BCUT2D eigenvalue weighted by Gasteiger charge is 2.39. The summed E-state index contributed by atoms with van der Waals surface area (Å²) in [6, 6.07) is 0. The second-order valence-electron chi connectivity index (χ2n) is 10.0. The van der Waals surface area contributed by atoms with Crippen molar-refractivity contribution in [2.75, 3.05) is 26.4 Å². The first kappa shape index (κ1) is 32.1. The minimum atomic E-state index is -4.76. The molecule has 0 amide bonds. The van der Waals surface area contributed by atoms with Crippen LogP contribution in [0.1, 0.15) is 40.0 Å². The van der Waals surface area contributed by atoms with Gasteiger partial charge in [-0.15, -0.1) is 0 Å². The maximum atomic E-state index is 12.7. The van der Waals surface area contributed by atoms with E-state index < -0.39 is 49.9 Å². The number of nitrogens with zero attached hydrogens (tertiary/aromatic N) is 1. The van der Waals surface area contributed by atoms with Crippen molar-refractivity contribution < 1.29 is 44.3 Å². The molecule has 0 unspecified atom stereocenters. The standard InChI is InChI=1S/C18H38F6NO4PSi2/c1-16(2,3)32(7,8)29-13-11-9-10-12-26-30(25-31(4,5)6,27-14-17(19,20)21)28-15-18(22,23)24/h9-15H2,1-8H3. The van der Waals surface area contributed by atoms with E-state index in [1.54, 1.807) is 19.6 Å². The van der Waals surface area contributed by atoms with Crippen LogP contribution in [-0.2, 0) is 18.0 Å². The van der Waals surface area contributed by atoms with Crippen LogP contribution in [0, 0.1) is 0 Å². The molecule has 0 radical (unpaired) electrons. The first-order valence-electron chi connectivity index (χ1n) is 10.4. The Morgan fingerprint density at radius 3 is 1.50 bits per heavy atom. The van der Waals surface area contributed by atoms with Crippen LogP contribution in [0.2, 0.25) is 37.8 Å². The number of alkyl halides is 6. The van der Waals surface area contributed by atoms with Crippen molar-refractivity contribution in [3.05, 3.63) is 0 Å². The Hall–Kier alpha value is 0.0838. The average molecular weight is 534 g/mol. The van der Waals surface area contributed by atoms with Crippen molar-refractivity contribution in [2.24, 2.45) is 4.41 Å². The molecular weight excluding hydrogens is 495 g/mol. The molecule has 0 aliphatic heterocycles. The zero-order valence-corrected chi connectivity index (χ0v) is 23.1. The van der Waals surface area contributed by atoms with Gasteiger partial charge >= 0.3 is 20.1 Å². The summed E-state index contributed by atoms with van der Waals surface area (Å²) >= 11 is 0. The summed E-state index contributed by atoms with van der Waals surface area (Å²) in [7, 11) is -8.63. The summed E-state index contributed by atoms with van der Waals surface area (Å²) in [4.78, 5) is 0. The highest BCUT2D eigenvalue weighted by Crippen LogP contribution is 2.56. The van der Waals surface area contributed by atoms with Crippen LogP contribution in [0.3, 0.4) is 0 Å². The molecule has 194 valence electrons. The number of hydrogen-bond acceptors (Lipinski definition) is 5. The summed E-state index contributed by atoms with van der Waals surface area (Å²) < 4.78 is 101. The number of halogens is 6. The van der Waals surface area contributed by atoms with E-state index in [2.05, 4.69) is 38.3 Å². The lowest BCUT2D eigenvalue weighted by molar-refractivity contribution is -0.167. The summed E-state index contributed by atoms with van der Waals surface area (Å²) in [5.74, 6) is 0. The third-order valence-corrected chi connectivity index (χ3v) is 13.9. The molecule has 0 N–H and O–H groups in total. The smallest absolute Gasteiger partial charge is 0.412 e. The van der Waals surface area contributed by atoms with Gasteiger partial charge in [0.25, 0.3) is 0 Å². The van der Waals surface area contributed by atoms with Crippen LogP contribution >= 0.6 is 7.74 Å². The molecule has 0 aromatic rings. The lowest BCUT2D eigenvalue weighted by atomic mass is 10.2. The van der Waals surface area contributed by atoms with E-state index in [4.69, 9.17) is 18.0 Å². The van der Waals surface area contributed by atoms with Crippen molar-refractivity contribution in [2.45, 2.75) is 90.2 Å². The fourth-order valence-corrected chi connectivity index (χ4v) is 7.90.